The van der Waals surface area contributed by atoms with Crippen LogP contribution in [0.3, 0.4) is 0 Å². The maximum Gasteiger partial charge on any atom is 0.0233 e. The van der Waals surface area contributed by atoms with Gasteiger partial charge < -0.3 is 0 Å². The first-order chi connectivity index (χ1) is 2.94. The van der Waals surface area contributed by atoms with Gasteiger partial charge in [-0.15, -0.1) is 0 Å². The summed E-state index contributed by atoms with van der Waals surface area (Å²) in [5.41, 5.74) is 0. The summed E-state index contributed by atoms with van der Waals surface area (Å²) in [6.07, 6.45) is 0. The SMILES string of the molecule is [2H]C([2H])([2H])C(C)C. The average Bonchev–Trinajstić information content (AvgIpc) is 1.31. The molecule has 0 aliphatic heterocycles. The van der Waals surface area contributed by atoms with E-state index in [1.54, 1.807) is 13.8 Å². The smallest absolute Gasteiger partial charge is 0.0233 e. The van der Waals surface area contributed by atoms with E-state index in [0.717, 1.165) is 0 Å². The second-order valence-corrected chi connectivity index (χ2v) is 1.15. The van der Waals surface area contributed by atoms with Crippen molar-refractivity contribution in [3.8, 4) is 0 Å². The van der Waals surface area contributed by atoms with Crippen LogP contribution >= 0.6 is 0 Å². The molecule has 0 aliphatic carbocycles. The van der Waals surface area contributed by atoms with E-state index in [-0.39, 0.29) is 5.92 Å². The van der Waals surface area contributed by atoms with Gasteiger partial charge in [-0.25, -0.2) is 0 Å². The highest BCUT2D eigenvalue weighted by atomic mass is 13.7. The zero-order chi connectivity index (χ0) is 6.08. The molecule has 0 spiro atoms. The van der Waals surface area contributed by atoms with Gasteiger partial charge >= 0.3 is 0 Å². The Morgan fingerprint density at radius 2 is 2.00 bits per heavy atom. The summed E-state index contributed by atoms with van der Waals surface area (Å²) in [7, 11) is 0. The van der Waals surface area contributed by atoms with Gasteiger partial charge in [-0.3, -0.25) is 0 Å². The Kier molecular flexibility index (Phi) is 0.333. The van der Waals surface area contributed by atoms with Gasteiger partial charge in [-0.1, -0.05) is 20.7 Å². The van der Waals surface area contributed by atoms with E-state index in [0.29, 0.717) is 0 Å². The molecule has 0 unspecified atom stereocenters. The molecule has 0 fully saturated rings. The normalized spacial score (nSPS) is 23.2. The van der Waals surface area contributed by atoms with E-state index in [1.165, 1.54) is 0 Å². The second-order valence-electron chi connectivity index (χ2n) is 1.15. The molecule has 0 rings (SSSR count). The number of rotatable bonds is 0. The van der Waals surface area contributed by atoms with E-state index >= 15 is 0 Å². The third-order valence-electron chi connectivity index (χ3n) is 0. The Balaban J connectivity index is 3.54. The molecule has 0 aromatic heterocycles. The molecule has 0 radical (unpaired) electrons. The van der Waals surface area contributed by atoms with Gasteiger partial charge in [0.15, 0.2) is 0 Å². The van der Waals surface area contributed by atoms with Crippen LogP contribution in [0, 0.1) is 5.92 Å². The summed E-state index contributed by atoms with van der Waals surface area (Å²) in [6, 6.07) is 0. The fourth-order valence-electron chi connectivity index (χ4n) is 0. The maximum atomic E-state index is 6.72. The lowest BCUT2D eigenvalue weighted by Crippen LogP contribution is -1.66. The standard InChI is InChI=1S/C4H10/c1-4(2)3/h4H,1-3H3/i1D3. The van der Waals surface area contributed by atoms with Crippen molar-refractivity contribution in [1.82, 2.24) is 0 Å². The van der Waals surface area contributed by atoms with E-state index in [4.69, 9.17) is 4.11 Å². The molecule has 0 aromatic carbocycles. The molecule has 26 valence electrons. The van der Waals surface area contributed by atoms with Crippen molar-refractivity contribution < 1.29 is 4.11 Å². The first kappa shape index (κ1) is 1.00. The Bertz CT molecular complexity index is 52.4. The highest BCUT2D eigenvalue weighted by Crippen LogP contribution is 1.81. The van der Waals surface area contributed by atoms with Crippen molar-refractivity contribution in [2.45, 2.75) is 20.7 Å². The van der Waals surface area contributed by atoms with Gasteiger partial charge in [0.05, 0.1) is 0 Å². The van der Waals surface area contributed by atoms with Gasteiger partial charge in [-0.2, -0.15) is 0 Å². The minimum Gasteiger partial charge on any atom is -0.0630 e. The monoisotopic (exact) mass is 61.1 g/mol. The van der Waals surface area contributed by atoms with Crippen LogP contribution in [0.1, 0.15) is 24.8 Å². The first-order valence-corrected chi connectivity index (χ1v) is 1.44. The summed E-state index contributed by atoms with van der Waals surface area (Å²) in [6.45, 7) is 1.62. The molecule has 0 bridgehead atoms. The highest BCUT2D eigenvalue weighted by molar-refractivity contribution is 4.20. The molecule has 0 aromatic rings. The molecule has 0 heteroatoms. The quantitative estimate of drug-likeness (QED) is 0.399. The van der Waals surface area contributed by atoms with Gasteiger partial charge in [0, 0.05) is 4.11 Å². The predicted octanol–water partition coefficient (Wildman–Crippen LogP) is 1.66. The Morgan fingerprint density at radius 3 is 2.00 bits per heavy atom. The maximum absolute atomic E-state index is 6.72. The van der Waals surface area contributed by atoms with E-state index in [2.05, 4.69) is 0 Å². The lowest BCUT2D eigenvalue weighted by Gasteiger charge is -1.79. The van der Waals surface area contributed by atoms with Crippen LogP contribution in [0.5, 0.6) is 0 Å². The molecular formula is C4H10. The third kappa shape index (κ3) is 0. The van der Waals surface area contributed by atoms with Gasteiger partial charge in [0.1, 0.15) is 0 Å². The molecule has 0 amide bonds. The van der Waals surface area contributed by atoms with Gasteiger partial charge in [0.25, 0.3) is 0 Å². The molecule has 0 N–H and O–H groups in total. The zero-order valence-electron chi connectivity index (χ0n) is 6.08. The first-order valence-electron chi connectivity index (χ1n) is 2.94. The van der Waals surface area contributed by atoms with Crippen LogP contribution in [0.2, 0.25) is 0 Å². The molecule has 0 heterocycles. The van der Waals surface area contributed by atoms with Crippen LogP contribution in [-0.4, -0.2) is 0 Å². The van der Waals surface area contributed by atoms with E-state index in [9.17, 15) is 0 Å². The van der Waals surface area contributed by atoms with Crippen LogP contribution < -0.4 is 0 Å². The molecule has 0 atom stereocenters. The van der Waals surface area contributed by atoms with Gasteiger partial charge in [0.2, 0.25) is 0 Å². The van der Waals surface area contributed by atoms with Crippen LogP contribution in [-0.2, 0) is 0 Å². The predicted molar refractivity (Wildman–Crippen MR) is 20.5 cm³/mol. The van der Waals surface area contributed by atoms with Gasteiger partial charge in [-0.05, 0) is 5.92 Å². The minimum absolute atomic E-state index is 0.201. The topological polar surface area (TPSA) is 0 Å². The fraction of sp³-hybridized carbons (Fsp3) is 1.00. The van der Waals surface area contributed by atoms with E-state index < -0.39 is 6.85 Å². The lowest BCUT2D eigenvalue weighted by atomic mass is 10.3. The number of hydrogen-bond acceptors (Lipinski definition) is 0. The van der Waals surface area contributed by atoms with Crippen molar-refractivity contribution in [3.63, 3.8) is 0 Å². The van der Waals surface area contributed by atoms with Crippen LogP contribution in [0.25, 0.3) is 0 Å². The highest BCUT2D eigenvalue weighted by Gasteiger charge is 1.68. The van der Waals surface area contributed by atoms with Crippen molar-refractivity contribution in [1.29, 1.82) is 0 Å². The molecule has 0 aliphatic rings. The Hall–Kier alpha value is 0. The summed E-state index contributed by atoms with van der Waals surface area (Å²) in [4.78, 5) is 0. The largest absolute Gasteiger partial charge is 0.0630 e. The Labute approximate surface area is 32.0 Å². The summed E-state index contributed by atoms with van der Waals surface area (Å²) < 4.78 is 20.2. The molecule has 0 nitrogen and oxygen atoms in total. The minimum atomic E-state index is -1.75. The molecule has 0 saturated carbocycles. The van der Waals surface area contributed by atoms with Crippen molar-refractivity contribution >= 4 is 0 Å². The summed E-state index contributed by atoms with van der Waals surface area (Å²) in [5.74, 6) is -0.201. The molecular weight excluding hydrogens is 48.0 g/mol. The summed E-state index contributed by atoms with van der Waals surface area (Å²) in [5, 5.41) is 0. The van der Waals surface area contributed by atoms with Crippen molar-refractivity contribution in [2.24, 2.45) is 5.92 Å². The summed E-state index contributed by atoms with van der Waals surface area (Å²) >= 11 is 0. The lowest BCUT2D eigenvalue weighted by molar-refractivity contribution is 0.737. The van der Waals surface area contributed by atoms with Crippen molar-refractivity contribution in [3.05, 3.63) is 0 Å². The van der Waals surface area contributed by atoms with Crippen molar-refractivity contribution in [2.75, 3.05) is 0 Å². The molecule has 4 heavy (non-hydrogen) atoms. The van der Waals surface area contributed by atoms with E-state index in [1.807, 2.05) is 0 Å². The Morgan fingerprint density at radius 1 is 1.75 bits per heavy atom. The van der Waals surface area contributed by atoms with Crippen LogP contribution in [0.4, 0.5) is 0 Å². The average molecular weight is 61.1 g/mol. The number of hydrogen-bond donors (Lipinski definition) is 0. The molecule has 0 saturated heterocycles. The third-order valence-corrected chi connectivity index (χ3v) is 0. The zero-order valence-corrected chi connectivity index (χ0v) is 3.08. The fourth-order valence-corrected chi connectivity index (χ4v) is 0. The second kappa shape index (κ2) is 1.33. The van der Waals surface area contributed by atoms with Crippen LogP contribution in [0.15, 0.2) is 0 Å².